The number of hydrogen-bond donors (Lipinski definition) is 1. The van der Waals surface area contributed by atoms with E-state index in [1.54, 1.807) is 0 Å². The Kier molecular flexibility index (Phi) is 4.26. The molecule has 2 aromatic carbocycles. The number of rotatable bonds is 4. The highest BCUT2D eigenvalue weighted by Crippen LogP contribution is 2.33. The summed E-state index contributed by atoms with van der Waals surface area (Å²) in [6, 6.07) is 12.6. The van der Waals surface area contributed by atoms with Crippen LogP contribution < -0.4 is 0 Å². The minimum Gasteiger partial charge on any atom is -0.507 e. The van der Waals surface area contributed by atoms with Gasteiger partial charge in [0.2, 0.25) is 0 Å². The number of phenolic OH excluding ortho intramolecular Hbond substituents is 1. The van der Waals surface area contributed by atoms with E-state index in [4.69, 9.17) is 0 Å². The number of phenols is 1. The summed E-state index contributed by atoms with van der Waals surface area (Å²) < 4.78 is 0. The molecular weight excluding hydrogens is 232 g/mol. The topological polar surface area (TPSA) is 20.2 Å². The smallest absolute Gasteiger partial charge is 0.126 e. The van der Waals surface area contributed by atoms with Crippen molar-refractivity contribution in [3.63, 3.8) is 0 Å². The Morgan fingerprint density at radius 3 is 2.00 bits per heavy atom. The lowest BCUT2D eigenvalue weighted by Gasteiger charge is -2.11. The molecule has 19 heavy (non-hydrogen) atoms. The highest BCUT2D eigenvalue weighted by Gasteiger charge is 2.09. The molecule has 0 aliphatic heterocycles. The van der Waals surface area contributed by atoms with Crippen LogP contribution in [0.5, 0.6) is 5.75 Å². The van der Waals surface area contributed by atoms with Crippen molar-refractivity contribution in [3.05, 3.63) is 53.1 Å². The zero-order valence-corrected chi connectivity index (χ0v) is 12.0. The molecule has 0 bridgehead atoms. The minimum absolute atomic E-state index is 0.431. The van der Waals surface area contributed by atoms with Crippen LogP contribution in [0.15, 0.2) is 36.4 Å². The molecule has 0 unspecified atom stereocenters. The second-order valence-electron chi connectivity index (χ2n) is 4.91. The van der Waals surface area contributed by atoms with E-state index >= 15 is 0 Å². The van der Waals surface area contributed by atoms with Crippen LogP contribution >= 0.6 is 0 Å². The molecule has 2 rings (SSSR count). The van der Waals surface area contributed by atoms with Crippen molar-refractivity contribution >= 4 is 0 Å². The molecule has 1 N–H and O–H groups in total. The third-order valence-electron chi connectivity index (χ3n) is 3.68. The largest absolute Gasteiger partial charge is 0.507 e. The van der Waals surface area contributed by atoms with Gasteiger partial charge < -0.3 is 5.11 Å². The van der Waals surface area contributed by atoms with Crippen LogP contribution in [0.25, 0.3) is 11.1 Å². The van der Waals surface area contributed by atoms with Crippen molar-refractivity contribution in [2.45, 2.75) is 40.0 Å². The van der Waals surface area contributed by atoms with Crippen molar-refractivity contribution in [1.29, 1.82) is 0 Å². The number of hydrogen-bond acceptors (Lipinski definition) is 1. The fourth-order valence-corrected chi connectivity index (χ4v) is 2.44. The van der Waals surface area contributed by atoms with Gasteiger partial charge in [0.15, 0.2) is 0 Å². The van der Waals surface area contributed by atoms with Crippen LogP contribution in [0, 0.1) is 0 Å². The summed E-state index contributed by atoms with van der Waals surface area (Å²) >= 11 is 0. The van der Waals surface area contributed by atoms with Crippen LogP contribution in [0.1, 0.15) is 37.5 Å². The number of aryl methyl sites for hydroxylation is 3. The minimum atomic E-state index is 0.431. The van der Waals surface area contributed by atoms with E-state index < -0.39 is 0 Å². The number of para-hydroxylation sites is 1. The molecule has 1 nitrogen and oxygen atoms in total. The van der Waals surface area contributed by atoms with Gasteiger partial charge in [-0.25, -0.2) is 0 Å². The predicted molar refractivity (Wildman–Crippen MR) is 81.7 cm³/mol. The molecule has 0 saturated heterocycles. The summed E-state index contributed by atoms with van der Waals surface area (Å²) in [6.45, 7) is 6.40. The molecule has 0 atom stereocenters. The summed E-state index contributed by atoms with van der Waals surface area (Å²) in [7, 11) is 0. The van der Waals surface area contributed by atoms with Gasteiger partial charge in [-0.2, -0.15) is 0 Å². The van der Waals surface area contributed by atoms with E-state index in [9.17, 15) is 5.11 Å². The van der Waals surface area contributed by atoms with Crippen molar-refractivity contribution < 1.29 is 5.11 Å². The molecule has 2 aromatic rings. The van der Waals surface area contributed by atoms with Gasteiger partial charge in [0.25, 0.3) is 0 Å². The van der Waals surface area contributed by atoms with E-state index in [1.807, 2.05) is 18.2 Å². The maximum Gasteiger partial charge on any atom is 0.126 e. The molecule has 0 aliphatic rings. The van der Waals surface area contributed by atoms with Gasteiger partial charge in [-0.15, -0.1) is 0 Å². The van der Waals surface area contributed by atoms with Gasteiger partial charge in [-0.3, -0.25) is 0 Å². The summed E-state index contributed by atoms with van der Waals surface area (Å²) in [5.41, 5.74) is 5.75. The summed E-state index contributed by atoms with van der Waals surface area (Å²) in [5.74, 6) is 0.431. The van der Waals surface area contributed by atoms with E-state index in [0.717, 1.165) is 36.0 Å². The third kappa shape index (κ3) is 2.81. The normalized spacial score (nSPS) is 10.7. The second-order valence-corrected chi connectivity index (χ2v) is 4.91. The first-order valence-corrected chi connectivity index (χ1v) is 7.13. The Bertz CT molecular complexity index is 548. The van der Waals surface area contributed by atoms with Crippen molar-refractivity contribution in [2.24, 2.45) is 0 Å². The lowest BCUT2D eigenvalue weighted by Crippen LogP contribution is -1.91. The van der Waals surface area contributed by atoms with E-state index in [1.165, 1.54) is 11.1 Å². The SMILES string of the molecule is CCc1cc(CC)cc(-c2cccc(CC)c2O)c1. The third-order valence-corrected chi connectivity index (χ3v) is 3.68. The maximum atomic E-state index is 10.4. The van der Waals surface area contributed by atoms with Crippen LogP contribution in [0.3, 0.4) is 0 Å². The molecule has 0 saturated carbocycles. The number of aromatic hydroxyl groups is 1. The van der Waals surface area contributed by atoms with Crippen molar-refractivity contribution in [3.8, 4) is 16.9 Å². The fourth-order valence-electron chi connectivity index (χ4n) is 2.44. The summed E-state index contributed by atoms with van der Waals surface area (Å²) in [4.78, 5) is 0. The molecule has 0 heterocycles. The highest BCUT2D eigenvalue weighted by molar-refractivity contribution is 5.73. The van der Waals surface area contributed by atoms with E-state index in [-0.39, 0.29) is 0 Å². The van der Waals surface area contributed by atoms with E-state index in [2.05, 4.69) is 39.0 Å². The molecule has 0 aliphatic carbocycles. The summed E-state index contributed by atoms with van der Waals surface area (Å²) in [5, 5.41) is 10.4. The number of benzene rings is 2. The second kappa shape index (κ2) is 5.92. The Hall–Kier alpha value is -1.76. The van der Waals surface area contributed by atoms with Gasteiger partial charge in [-0.1, -0.05) is 57.2 Å². The summed E-state index contributed by atoms with van der Waals surface area (Å²) in [6.07, 6.45) is 2.90. The lowest BCUT2D eigenvalue weighted by molar-refractivity contribution is 0.471. The molecule has 0 aromatic heterocycles. The predicted octanol–water partition coefficient (Wildman–Crippen LogP) is 4.75. The highest BCUT2D eigenvalue weighted by atomic mass is 16.3. The Morgan fingerprint density at radius 2 is 1.47 bits per heavy atom. The van der Waals surface area contributed by atoms with Gasteiger partial charge in [0.1, 0.15) is 5.75 Å². The molecule has 1 heteroatoms. The Balaban J connectivity index is 2.58. The average Bonchev–Trinajstić information content (AvgIpc) is 2.46. The first kappa shape index (κ1) is 13.7. The lowest BCUT2D eigenvalue weighted by atomic mass is 9.95. The molecule has 0 fully saturated rings. The van der Waals surface area contributed by atoms with Crippen molar-refractivity contribution in [2.75, 3.05) is 0 Å². The zero-order chi connectivity index (χ0) is 13.8. The van der Waals surface area contributed by atoms with Gasteiger partial charge >= 0.3 is 0 Å². The van der Waals surface area contributed by atoms with Gasteiger partial charge in [-0.05, 0) is 41.5 Å². The van der Waals surface area contributed by atoms with Gasteiger partial charge in [0, 0.05) is 5.56 Å². The fraction of sp³-hybridized carbons (Fsp3) is 0.333. The Labute approximate surface area is 115 Å². The van der Waals surface area contributed by atoms with E-state index in [0.29, 0.717) is 5.75 Å². The maximum absolute atomic E-state index is 10.4. The molecule has 0 amide bonds. The van der Waals surface area contributed by atoms with Crippen LogP contribution in [-0.4, -0.2) is 5.11 Å². The first-order valence-electron chi connectivity index (χ1n) is 7.13. The standard InChI is InChI=1S/C18H22O/c1-4-13-10-14(5-2)12-16(11-13)17-9-7-8-15(6-3)18(17)19/h7-12,19H,4-6H2,1-3H3. The first-order chi connectivity index (χ1) is 9.19. The van der Waals surface area contributed by atoms with Crippen molar-refractivity contribution in [1.82, 2.24) is 0 Å². The average molecular weight is 254 g/mol. The quantitative estimate of drug-likeness (QED) is 0.835. The van der Waals surface area contributed by atoms with Crippen LogP contribution in [-0.2, 0) is 19.3 Å². The van der Waals surface area contributed by atoms with Crippen LogP contribution in [0.2, 0.25) is 0 Å². The molecule has 0 radical (unpaired) electrons. The van der Waals surface area contributed by atoms with Crippen LogP contribution in [0.4, 0.5) is 0 Å². The molecule has 100 valence electrons. The monoisotopic (exact) mass is 254 g/mol. The zero-order valence-electron chi connectivity index (χ0n) is 12.0. The Morgan fingerprint density at radius 1 is 0.842 bits per heavy atom. The van der Waals surface area contributed by atoms with Gasteiger partial charge in [0.05, 0.1) is 0 Å². The molecular formula is C18H22O. The molecule has 0 spiro atoms.